The minimum absolute atomic E-state index is 0.0670. The minimum Gasteiger partial charge on any atom is -0.298 e. The molecule has 0 heterocycles. The molecule has 0 aliphatic rings. The molecular formula is C15H28O2. The zero-order chi connectivity index (χ0) is 14.0. The molecule has 0 aromatic carbocycles. The molecule has 100 valence electrons. The first-order valence-corrected chi connectivity index (χ1v) is 6.52. The van der Waals surface area contributed by atoms with E-state index in [-0.39, 0.29) is 17.5 Å². The monoisotopic (exact) mass is 240 g/mol. The summed E-state index contributed by atoms with van der Waals surface area (Å²) >= 11 is 0. The molecule has 17 heavy (non-hydrogen) atoms. The van der Waals surface area contributed by atoms with Crippen molar-refractivity contribution in [2.45, 2.75) is 61.8 Å². The van der Waals surface area contributed by atoms with Crippen molar-refractivity contribution < 1.29 is 9.59 Å². The maximum absolute atomic E-state index is 12.5. The first-order valence-electron chi connectivity index (χ1n) is 6.52. The van der Waals surface area contributed by atoms with Crippen molar-refractivity contribution in [1.29, 1.82) is 0 Å². The standard InChI is InChI=1S/C15H28O2/c1-10(2)9-15(8,12(16)11(3)4)13(17)14(5,6)7/h10-11H,9H2,1-8H3. The zero-order valence-electron chi connectivity index (χ0n) is 12.7. The number of carbonyl (C=O) groups excluding carboxylic acids is 2. The van der Waals surface area contributed by atoms with E-state index < -0.39 is 10.8 Å². The Bertz CT molecular complexity index is 295. The van der Waals surface area contributed by atoms with Gasteiger partial charge in [0.2, 0.25) is 0 Å². The molecule has 1 atom stereocenters. The van der Waals surface area contributed by atoms with E-state index in [1.807, 2.05) is 41.5 Å². The molecule has 1 unspecified atom stereocenters. The predicted octanol–water partition coefficient (Wildman–Crippen LogP) is 3.88. The first kappa shape index (κ1) is 16.3. The highest BCUT2D eigenvalue weighted by atomic mass is 16.2. The van der Waals surface area contributed by atoms with Gasteiger partial charge in [0.25, 0.3) is 0 Å². The van der Waals surface area contributed by atoms with E-state index in [0.717, 1.165) is 0 Å². The Morgan fingerprint density at radius 3 is 1.59 bits per heavy atom. The van der Waals surface area contributed by atoms with Gasteiger partial charge >= 0.3 is 0 Å². The SMILES string of the molecule is CC(C)CC(C)(C(=O)C(C)C)C(=O)C(C)(C)C. The second kappa shape index (κ2) is 5.32. The van der Waals surface area contributed by atoms with Crippen LogP contribution >= 0.6 is 0 Å². The fourth-order valence-corrected chi connectivity index (χ4v) is 2.59. The van der Waals surface area contributed by atoms with Gasteiger partial charge in [-0.2, -0.15) is 0 Å². The number of rotatable bonds is 5. The zero-order valence-corrected chi connectivity index (χ0v) is 12.7. The quantitative estimate of drug-likeness (QED) is 0.683. The maximum Gasteiger partial charge on any atom is 0.151 e. The summed E-state index contributed by atoms with van der Waals surface area (Å²) in [5.74, 6) is 0.391. The molecule has 0 aliphatic heterocycles. The lowest BCUT2D eigenvalue weighted by molar-refractivity contribution is -0.147. The molecule has 2 heteroatoms. The Balaban J connectivity index is 5.40. The lowest BCUT2D eigenvalue weighted by atomic mass is 9.65. The summed E-state index contributed by atoms with van der Waals surface area (Å²) in [5, 5.41) is 0. The van der Waals surface area contributed by atoms with Crippen LogP contribution in [0.1, 0.15) is 61.8 Å². The van der Waals surface area contributed by atoms with Crippen molar-refractivity contribution in [1.82, 2.24) is 0 Å². The van der Waals surface area contributed by atoms with Crippen LogP contribution in [0.25, 0.3) is 0 Å². The van der Waals surface area contributed by atoms with Gasteiger partial charge in [0.1, 0.15) is 5.78 Å². The molecule has 0 amide bonds. The van der Waals surface area contributed by atoms with Gasteiger partial charge in [-0.1, -0.05) is 48.5 Å². The highest BCUT2D eigenvalue weighted by Crippen LogP contribution is 2.37. The van der Waals surface area contributed by atoms with Crippen LogP contribution in [0.15, 0.2) is 0 Å². The van der Waals surface area contributed by atoms with E-state index in [1.165, 1.54) is 0 Å². The lowest BCUT2D eigenvalue weighted by Crippen LogP contribution is -2.45. The van der Waals surface area contributed by atoms with Gasteiger partial charge in [-0.3, -0.25) is 9.59 Å². The first-order chi connectivity index (χ1) is 7.43. The summed E-state index contributed by atoms with van der Waals surface area (Å²) in [6.07, 6.45) is 0.639. The van der Waals surface area contributed by atoms with Crippen LogP contribution in [0, 0.1) is 22.7 Å². The van der Waals surface area contributed by atoms with Gasteiger partial charge < -0.3 is 0 Å². The summed E-state index contributed by atoms with van der Waals surface area (Å²) in [6.45, 7) is 15.4. The summed E-state index contributed by atoms with van der Waals surface area (Å²) in [6, 6.07) is 0. The average Bonchev–Trinajstić information content (AvgIpc) is 2.12. The third kappa shape index (κ3) is 3.93. The van der Waals surface area contributed by atoms with Crippen molar-refractivity contribution in [3.05, 3.63) is 0 Å². The second-order valence-electron chi connectivity index (χ2n) is 7.03. The summed E-state index contributed by atoms with van der Waals surface area (Å²) < 4.78 is 0. The second-order valence-corrected chi connectivity index (χ2v) is 7.03. The van der Waals surface area contributed by atoms with E-state index in [9.17, 15) is 9.59 Å². The molecule has 0 fully saturated rings. The van der Waals surface area contributed by atoms with E-state index in [1.54, 1.807) is 0 Å². The van der Waals surface area contributed by atoms with Crippen LogP contribution in [-0.4, -0.2) is 11.6 Å². The van der Waals surface area contributed by atoms with Crippen molar-refractivity contribution in [2.75, 3.05) is 0 Å². The smallest absolute Gasteiger partial charge is 0.151 e. The minimum atomic E-state index is -0.833. The van der Waals surface area contributed by atoms with Crippen molar-refractivity contribution in [2.24, 2.45) is 22.7 Å². The summed E-state index contributed by atoms with van der Waals surface area (Å²) in [7, 11) is 0. The molecule has 0 aromatic heterocycles. The lowest BCUT2D eigenvalue weighted by Gasteiger charge is -2.35. The topological polar surface area (TPSA) is 34.1 Å². The van der Waals surface area contributed by atoms with Crippen LogP contribution in [0.2, 0.25) is 0 Å². The predicted molar refractivity (Wildman–Crippen MR) is 71.9 cm³/mol. The van der Waals surface area contributed by atoms with E-state index in [2.05, 4.69) is 13.8 Å². The van der Waals surface area contributed by atoms with Crippen LogP contribution in [-0.2, 0) is 9.59 Å². The van der Waals surface area contributed by atoms with Crippen molar-refractivity contribution >= 4 is 11.6 Å². The number of hydrogen-bond acceptors (Lipinski definition) is 2. The highest BCUT2D eigenvalue weighted by Gasteiger charge is 2.46. The third-order valence-electron chi connectivity index (χ3n) is 3.07. The molecule has 0 N–H and O–H groups in total. The average molecular weight is 240 g/mol. The number of ketones is 2. The molecule has 0 radical (unpaired) electrons. The fraction of sp³-hybridized carbons (Fsp3) is 0.867. The van der Waals surface area contributed by atoms with Gasteiger partial charge in [0, 0.05) is 11.3 Å². The van der Waals surface area contributed by atoms with Crippen LogP contribution in [0.3, 0.4) is 0 Å². The van der Waals surface area contributed by atoms with Gasteiger partial charge in [-0.25, -0.2) is 0 Å². The van der Waals surface area contributed by atoms with Crippen LogP contribution in [0.5, 0.6) is 0 Å². The normalized spacial score (nSPS) is 16.1. The van der Waals surface area contributed by atoms with Crippen LogP contribution < -0.4 is 0 Å². The van der Waals surface area contributed by atoms with Gasteiger partial charge in [-0.15, -0.1) is 0 Å². The third-order valence-corrected chi connectivity index (χ3v) is 3.07. The molecule has 0 saturated carbocycles. The largest absolute Gasteiger partial charge is 0.298 e. The molecule has 2 nitrogen and oxygen atoms in total. The molecule has 0 rings (SSSR count). The summed E-state index contributed by atoms with van der Waals surface area (Å²) in [4.78, 5) is 24.9. The molecule has 0 saturated heterocycles. The van der Waals surface area contributed by atoms with E-state index in [4.69, 9.17) is 0 Å². The molecule has 0 bridgehead atoms. The molecule has 0 aliphatic carbocycles. The highest BCUT2D eigenvalue weighted by molar-refractivity contribution is 6.09. The fourth-order valence-electron chi connectivity index (χ4n) is 2.59. The Morgan fingerprint density at radius 1 is 0.941 bits per heavy atom. The van der Waals surface area contributed by atoms with E-state index >= 15 is 0 Å². The Labute approximate surface area is 106 Å². The maximum atomic E-state index is 12.5. The number of Topliss-reactive ketones (excluding diaryl/α,β-unsaturated/α-hetero) is 2. The van der Waals surface area contributed by atoms with Crippen molar-refractivity contribution in [3.63, 3.8) is 0 Å². The Morgan fingerprint density at radius 2 is 1.35 bits per heavy atom. The van der Waals surface area contributed by atoms with Gasteiger partial charge in [0.05, 0.1) is 5.41 Å². The number of carbonyl (C=O) groups is 2. The van der Waals surface area contributed by atoms with Gasteiger partial charge in [0.15, 0.2) is 5.78 Å². The summed E-state index contributed by atoms with van der Waals surface area (Å²) in [5.41, 5.74) is -1.30. The van der Waals surface area contributed by atoms with E-state index in [0.29, 0.717) is 12.3 Å². The molecular weight excluding hydrogens is 212 g/mol. The van der Waals surface area contributed by atoms with Crippen molar-refractivity contribution in [3.8, 4) is 0 Å². The number of hydrogen-bond donors (Lipinski definition) is 0. The van der Waals surface area contributed by atoms with Gasteiger partial charge in [-0.05, 0) is 19.3 Å². The Hall–Kier alpha value is -0.660. The molecule has 0 spiro atoms. The van der Waals surface area contributed by atoms with Crippen LogP contribution in [0.4, 0.5) is 0 Å². The molecule has 0 aromatic rings. The Kier molecular flexibility index (Phi) is 5.12.